The summed E-state index contributed by atoms with van der Waals surface area (Å²) in [6.07, 6.45) is 0. The van der Waals surface area contributed by atoms with Gasteiger partial charge in [0.25, 0.3) is 0 Å². The number of rotatable bonds is 2. The van der Waals surface area contributed by atoms with E-state index in [9.17, 15) is 0 Å². The Morgan fingerprint density at radius 3 is 2.00 bits per heavy atom. The van der Waals surface area contributed by atoms with Crippen LogP contribution in [0.2, 0.25) is 5.04 Å². The third-order valence-corrected chi connectivity index (χ3v) is 5.65. The number of hydrogen-bond donors (Lipinski definition) is 1. The van der Waals surface area contributed by atoms with E-state index < -0.39 is 8.96 Å². The third kappa shape index (κ3) is 2.67. The van der Waals surface area contributed by atoms with Gasteiger partial charge in [0.2, 0.25) is 0 Å². The molecule has 1 aromatic rings. The summed E-state index contributed by atoms with van der Waals surface area (Å²) in [6.45, 7) is 6.94. The molecule has 0 aromatic heterocycles. The van der Waals surface area contributed by atoms with E-state index in [0.717, 1.165) is 0 Å². The summed E-state index contributed by atoms with van der Waals surface area (Å²) in [6, 6.07) is 10.8. The van der Waals surface area contributed by atoms with E-state index in [4.69, 9.17) is 0 Å². The highest BCUT2D eigenvalue weighted by molar-refractivity contribution is 6.73. The zero-order valence-corrected chi connectivity index (χ0v) is 10.1. The van der Waals surface area contributed by atoms with Crippen LogP contribution in [0, 0.1) is 0 Å². The summed E-state index contributed by atoms with van der Waals surface area (Å²) in [4.78, 5) is 3.50. The van der Waals surface area contributed by atoms with Crippen molar-refractivity contribution in [1.82, 2.24) is 4.98 Å². The minimum absolute atomic E-state index is 0.399. The van der Waals surface area contributed by atoms with Gasteiger partial charge in [0.1, 0.15) is 8.96 Å². The van der Waals surface area contributed by atoms with Gasteiger partial charge in [-0.25, -0.2) is 0 Å². The van der Waals surface area contributed by atoms with Crippen molar-refractivity contribution in [2.75, 3.05) is 7.05 Å². The van der Waals surface area contributed by atoms with E-state index in [2.05, 4.69) is 63.1 Å². The van der Waals surface area contributed by atoms with Gasteiger partial charge < -0.3 is 4.98 Å². The predicted octanol–water partition coefficient (Wildman–Crippen LogP) is 1.64. The molecule has 0 bridgehead atoms. The minimum atomic E-state index is -1.01. The van der Waals surface area contributed by atoms with E-state index in [0.29, 0.717) is 5.04 Å². The lowest BCUT2D eigenvalue weighted by Crippen LogP contribution is -2.49. The van der Waals surface area contributed by atoms with Crippen molar-refractivity contribution in [3.8, 4) is 0 Å². The van der Waals surface area contributed by atoms with E-state index in [-0.39, 0.29) is 0 Å². The molecule has 2 heteroatoms. The molecule has 0 radical (unpaired) electrons. The fourth-order valence-corrected chi connectivity index (χ4v) is 4.55. The molecule has 0 saturated carbocycles. The highest BCUT2D eigenvalue weighted by Crippen LogP contribution is 2.24. The minimum Gasteiger partial charge on any atom is -0.339 e. The van der Waals surface area contributed by atoms with Crippen molar-refractivity contribution in [2.24, 2.45) is 0 Å². The Morgan fingerprint density at radius 1 is 1.08 bits per heavy atom. The second-order valence-corrected chi connectivity index (χ2v) is 8.34. The van der Waals surface area contributed by atoms with Crippen LogP contribution in [0.5, 0.6) is 0 Å². The molecular formula is C11H19NSi. The molecule has 0 amide bonds. The lowest BCUT2D eigenvalue weighted by molar-refractivity contribution is 0.728. The van der Waals surface area contributed by atoms with Crippen LogP contribution in [0.4, 0.5) is 0 Å². The van der Waals surface area contributed by atoms with Gasteiger partial charge in [0, 0.05) is 0 Å². The fourth-order valence-electron chi connectivity index (χ4n) is 1.75. The van der Waals surface area contributed by atoms with Crippen molar-refractivity contribution in [1.29, 1.82) is 0 Å². The molecule has 0 aliphatic heterocycles. The van der Waals surface area contributed by atoms with Crippen LogP contribution in [0.3, 0.4) is 0 Å². The average molecular weight is 193 g/mol. The van der Waals surface area contributed by atoms with Crippen LogP contribution in [-0.4, -0.2) is 16.0 Å². The predicted molar refractivity (Wildman–Crippen MR) is 62.0 cm³/mol. The SMILES string of the molecule is CN[SiH](c1ccccc1)C(C)(C)C. The van der Waals surface area contributed by atoms with E-state index >= 15 is 0 Å². The molecule has 0 spiro atoms. The summed E-state index contributed by atoms with van der Waals surface area (Å²) < 4.78 is 0. The van der Waals surface area contributed by atoms with Crippen molar-refractivity contribution < 1.29 is 0 Å². The number of hydrogen-bond acceptors (Lipinski definition) is 1. The molecule has 1 N–H and O–H groups in total. The molecule has 0 heterocycles. The first-order valence-electron chi connectivity index (χ1n) is 4.78. The molecule has 1 aromatic carbocycles. The van der Waals surface area contributed by atoms with Gasteiger partial charge in [-0.15, -0.1) is 0 Å². The molecule has 1 rings (SSSR count). The number of benzene rings is 1. The standard InChI is InChI=1S/C11H19NSi/c1-11(2,3)13(12-4)10-8-6-5-7-9-10/h5-9,12-13H,1-4H3. The quantitative estimate of drug-likeness (QED) is 0.704. The zero-order valence-electron chi connectivity index (χ0n) is 8.96. The first-order chi connectivity index (χ1) is 6.05. The highest BCUT2D eigenvalue weighted by Gasteiger charge is 2.26. The lowest BCUT2D eigenvalue weighted by atomic mass is 10.2. The van der Waals surface area contributed by atoms with Gasteiger partial charge in [-0.1, -0.05) is 51.1 Å². The molecular weight excluding hydrogens is 174 g/mol. The maximum absolute atomic E-state index is 3.50. The van der Waals surface area contributed by atoms with Gasteiger partial charge in [0.05, 0.1) is 0 Å². The summed E-state index contributed by atoms with van der Waals surface area (Å²) in [5, 5.41) is 1.90. The van der Waals surface area contributed by atoms with Crippen LogP contribution < -0.4 is 10.2 Å². The van der Waals surface area contributed by atoms with Gasteiger partial charge in [-0.3, -0.25) is 0 Å². The van der Waals surface area contributed by atoms with Gasteiger partial charge in [0.15, 0.2) is 0 Å². The second-order valence-electron chi connectivity index (χ2n) is 4.50. The Bertz CT molecular complexity index is 251. The van der Waals surface area contributed by atoms with Crippen LogP contribution >= 0.6 is 0 Å². The molecule has 13 heavy (non-hydrogen) atoms. The third-order valence-electron chi connectivity index (χ3n) is 2.29. The second kappa shape index (κ2) is 4.07. The van der Waals surface area contributed by atoms with E-state index in [1.54, 1.807) is 0 Å². The molecule has 1 nitrogen and oxygen atoms in total. The normalized spacial score (nSPS) is 14.2. The Morgan fingerprint density at radius 2 is 1.62 bits per heavy atom. The van der Waals surface area contributed by atoms with Gasteiger partial charge in [-0.05, 0) is 17.3 Å². The highest BCUT2D eigenvalue weighted by atomic mass is 28.3. The summed E-state index contributed by atoms with van der Waals surface area (Å²) in [7, 11) is 1.07. The first kappa shape index (κ1) is 10.5. The van der Waals surface area contributed by atoms with Crippen LogP contribution in [-0.2, 0) is 0 Å². The summed E-state index contributed by atoms with van der Waals surface area (Å²) in [5.74, 6) is 0. The molecule has 72 valence electrons. The molecule has 0 aliphatic rings. The Kier molecular flexibility index (Phi) is 3.28. The maximum Gasteiger partial charge on any atom is 0.146 e. The van der Waals surface area contributed by atoms with Crippen LogP contribution in [0.1, 0.15) is 20.8 Å². The molecule has 0 fully saturated rings. The maximum atomic E-state index is 3.50. The van der Waals surface area contributed by atoms with Crippen molar-refractivity contribution in [3.05, 3.63) is 30.3 Å². The van der Waals surface area contributed by atoms with Crippen LogP contribution in [0.15, 0.2) is 30.3 Å². The summed E-state index contributed by atoms with van der Waals surface area (Å²) in [5.41, 5.74) is 0. The Labute approximate surface area is 82.9 Å². The van der Waals surface area contributed by atoms with E-state index in [1.807, 2.05) is 0 Å². The van der Waals surface area contributed by atoms with Gasteiger partial charge >= 0.3 is 0 Å². The zero-order chi connectivity index (χ0) is 9.90. The van der Waals surface area contributed by atoms with Crippen molar-refractivity contribution in [2.45, 2.75) is 25.8 Å². The lowest BCUT2D eigenvalue weighted by Gasteiger charge is -2.28. The molecule has 0 aliphatic carbocycles. The Hall–Kier alpha value is -0.603. The smallest absolute Gasteiger partial charge is 0.146 e. The number of nitrogens with one attached hydrogen (secondary N) is 1. The van der Waals surface area contributed by atoms with E-state index in [1.165, 1.54) is 5.19 Å². The van der Waals surface area contributed by atoms with Crippen molar-refractivity contribution in [3.63, 3.8) is 0 Å². The first-order valence-corrected chi connectivity index (χ1v) is 6.51. The average Bonchev–Trinajstić information content (AvgIpc) is 2.05. The fraction of sp³-hybridized carbons (Fsp3) is 0.455. The molecule has 0 saturated heterocycles. The monoisotopic (exact) mass is 193 g/mol. The molecule has 1 unspecified atom stereocenters. The Balaban J connectivity index is 2.92. The van der Waals surface area contributed by atoms with Crippen LogP contribution in [0.25, 0.3) is 0 Å². The van der Waals surface area contributed by atoms with Crippen molar-refractivity contribution >= 4 is 14.1 Å². The topological polar surface area (TPSA) is 12.0 Å². The summed E-state index contributed by atoms with van der Waals surface area (Å²) >= 11 is 0. The largest absolute Gasteiger partial charge is 0.339 e. The van der Waals surface area contributed by atoms with Gasteiger partial charge in [-0.2, -0.15) is 0 Å². The molecule has 1 atom stereocenters.